The van der Waals surface area contributed by atoms with Crippen molar-refractivity contribution in [3.05, 3.63) is 29.8 Å². The van der Waals surface area contributed by atoms with E-state index in [1.807, 2.05) is 12.1 Å². The molecule has 0 aromatic heterocycles. The third-order valence-corrected chi connectivity index (χ3v) is 4.81. The molecule has 0 atom stereocenters. The van der Waals surface area contributed by atoms with Crippen molar-refractivity contribution in [3.63, 3.8) is 0 Å². The molecule has 1 fully saturated rings. The first-order valence-corrected chi connectivity index (χ1v) is 8.76. The summed E-state index contributed by atoms with van der Waals surface area (Å²) in [7, 11) is 1.67. The zero-order chi connectivity index (χ0) is 18.1. The van der Waals surface area contributed by atoms with E-state index in [0.717, 1.165) is 44.1 Å². The van der Waals surface area contributed by atoms with Crippen LogP contribution in [-0.2, 0) is 20.7 Å². The highest BCUT2D eigenvalue weighted by atomic mass is 16.5. The van der Waals surface area contributed by atoms with Crippen LogP contribution < -0.4 is 10.1 Å². The smallest absolute Gasteiger partial charge is 0.341 e. The number of rotatable bonds is 10. The zero-order valence-corrected chi connectivity index (χ0v) is 14.8. The van der Waals surface area contributed by atoms with Crippen LogP contribution in [-0.4, -0.2) is 43.9 Å². The molecule has 1 aromatic carbocycles. The molecule has 2 N–H and O–H groups in total. The van der Waals surface area contributed by atoms with E-state index in [-0.39, 0.29) is 17.9 Å². The molecule has 1 saturated carbocycles. The van der Waals surface area contributed by atoms with Gasteiger partial charge in [0.25, 0.3) is 0 Å². The molecule has 6 heteroatoms. The van der Waals surface area contributed by atoms with Crippen molar-refractivity contribution in [3.8, 4) is 5.75 Å². The minimum Gasteiger partial charge on any atom is -0.482 e. The Morgan fingerprint density at radius 1 is 1.20 bits per heavy atom. The van der Waals surface area contributed by atoms with E-state index in [0.29, 0.717) is 18.9 Å². The van der Waals surface area contributed by atoms with Crippen LogP contribution >= 0.6 is 0 Å². The van der Waals surface area contributed by atoms with E-state index in [4.69, 9.17) is 14.6 Å². The van der Waals surface area contributed by atoms with E-state index in [9.17, 15) is 9.59 Å². The number of methoxy groups -OCH3 is 1. The maximum Gasteiger partial charge on any atom is 0.341 e. The summed E-state index contributed by atoms with van der Waals surface area (Å²) < 4.78 is 10.3. The van der Waals surface area contributed by atoms with Crippen LogP contribution in [0.15, 0.2) is 24.3 Å². The Balaban J connectivity index is 1.79. The van der Waals surface area contributed by atoms with Crippen LogP contribution in [0.5, 0.6) is 5.75 Å². The number of hydrogen-bond donors (Lipinski definition) is 2. The first-order chi connectivity index (χ1) is 12.1. The number of ether oxygens (including phenoxy) is 2. The van der Waals surface area contributed by atoms with E-state index in [1.54, 1.807) is 19.2 Å². The van der Waals surface area contributed by atoms with Crippen LogP contribution in [0.25, 0.3) is 0 Å². The third kappa shape index (κ3) is 5.74. The summed E-state index contributed by atoms with van der Waals surface area (Å²) in [5.41, 5.74) is 0.810. The number of carbonyl (C=O) groups excluding carboxylic acids is 1. The molecule has 0 unspecified atom stereocenters. The van der Waals surface area contributed by atoms with Crippen molar-refractivity contribution in [2.45, 2.75) is 38.5 Å². The van der Waals surface area contributed by atoms with Crippen molar-refractivity contribution < 1.29 is 24.2 Å². The summed E-state index contributed by atoms with van der Waals surface area (Å²) in [4.78, 5) is 23.1. The van der Waals surface area contributed by atoms with Gasteiger partial charge in [-0.3, -0.25) is 4.79 Å². The standard InChI is InChI=1S/C19H27NO5/c1-24-13-11-19(9-2-3-10-19)18(23)20-12-8-15-4-6-16(7-5-15)25-14-17(21)22/h4-7H,2-3,8-14H2,1H3,(H,20,23)(H,21,22). The number of carboxylic acid groups (broad SMARTS) is 1. The van der Waals surface area contributed by atoms with Crippen LogP contribution in [0, 0.1) is 5.41 Å². The highest BCUT2D eigenvalue weighted by Gasteiger charge is 2.40. The van der Waals surface area contributed by atoms with Gasteiger partial charge in [-0.1, -0.05) is 25.0 Å². The third-order valence-electron chi connectivity index (χ3n) is 4.81. The lowest BCUT2D eigenvalue weighted by Crippen LogP contribution is -2.40. The van der Waals surface area contributed by atoms with Gasteiger partial charge in [-0.15, -0.1) is 0 Å². The Morgan fingerprint density at radius 3 is 2.48 bits per heavy atom. The SMILES string of the molecule is COCCC1(C(=O)NCCc2ccc(OCC(=O)O)cc2)CCCC1. The summed E-state index contributed by atoms with van der Waals surface area (Å²) in [6.07, 6.45) is 5.61. The molecule has 138 valence electrons. The van der Waals surface area contributed by atoms with Gasteiger partial charge in [0.15, 0.2) is 6.61 Å². The van der Waals surface area contributed by atoms with E-state index < -0.39 is 5.97 Å². The number of aliphatic carboxylic acids is 1. The first-order valence-electron chi connectivity index (χ1n) is 8.76. The number of hydrogen-bond acceptors (Lipinski definition) is 4. The van der Waals surface area contributed by atoms with Gasteiger partial charge >= 0.3 is 5.97 Å². The average molecular weight is 349 g/mol. The monoisotopic (exact) mass is 349 g/mol. The quantitative estimate of drug-likeness (QED) is 0.677. The van der Waals surface area contributed by atoms with E-state index >= 15 is 0 Å². The predicted octanol–water partition coefficient (Wildman–Crippen LogP) is 2.41. The highest BCUT2D eigenvalue weighted by Crippen LogP contribution is 2.41. The van der Waals surface area contributed by atoms with Gasteiger partial charge in [0.1, 0.15) is 5.75 Å². The largest absolute Gasteiger partial charge is 0.482 e. The van der Waals surface area contributed by atoms with Gasteiger partial charge in [-0.2, -0.15) is 0 Å². The minimum absolute atomic E-state index is 0.142. The molecule has 0 bridgehead atoms. The minimum atomic E-state index is -0.999. The maximum atomic E-state index is 12.6. The molecule has 1 aliphatic rings. The number of benzene rings is 1. The van der Waals surface area contributed by atoms with Gasteiger partial charge in [0.05, 0.1) is 5.41 Å². The Kier molecular flexibility index (Phi) is 7.25. The highest BCUT2D eigenvalue weighted by molar-refractivity contribution is 5.82. The topological polar surface area (TPSA) is 84.9 Å². The fourth-order valence-electron chi connectivity index (χ4n) is 3.35. The van der Waals surface area contributed by atoms with E-state index in [2.05, 4.69) is 5.32 Å². The van der Waals surface area contributed by atoms with Gasteiger partial charge < -0.3 is 19.9 Å². The molecule has 2 rings (SSSR count). The molecular weight excluding hydrogens is 322 g/mol. The normalized spacial score (nSPS) is 15.7. The van der Waals surface area contributed by atoms with Crippen molar-refractivity contribution in [1.82, 2.24) is 5.32 Å². The molecule has 0 saturated heterocycles. The fourth-order valence-corrected chi connectivity index (χ4v) is 3.35. The summed E-state index contributed by atoms with van der Waals surface area (Å²) in [5.74, 6) is -0.329. The first kappa shape index (κ1) is 19.2. The van der Waals surface area contributed by atoms with Crippen LogP contribution in [0.4, 0.5) is 0 Å². The fraction of sp³-hybridized carbons (Fsp3) is 0.579. The van der Waals surface area contributed by atoms with Crippen molar-refractivity contribution in [2.75, 3.05) is 26.9 Å². The van der Waals surface area contributed by atoms with Gasteiger partial charge in [0.2, 0.25) is 5.91 Å². The Morgan fingerprint density at radius 2 is 1.88 bits per heavy atom. The second-order valence-corrected chi connectivity index (χ2v) is 6.56. The lowest BCUT2D eigenvalue weighted by Gasteiger charge is -2.27. The van der Waals surface area contributed by atoms with Gasteiger partial charge in [-0.25, -0.2) is 4.79 Å². The number of nitrogens with one attached hydrogen (secondary N) is 1. The molecule has 0 radical (unpaired) electrons. The van der Waals surface area contributed by atoms with Gasteiger partial charge in [-0.05, 0) is 43.4 Å². The Bertz CT molecular complexity index is 564. The summed E-state index contributed by atoms with van der Waals surface area (Å²) in [5, 5.41) is 11.7. The van der Waals surface area contributed by atoms with Crippen LogP contribution in [0.1, 0.15) is 37.7 Å². The van der Waals surface area contributed by atoms with Crippen LogP contribution in [0.2, 0.25) is 0 Å². The molecule has 0 spiro atoms. The number of carboxylic acids is 1. The molecule has 0 heterocycles. The maximum absolute atomic E-state index is 12.6. The van der Waals surface area contributed by atoms with Crippen LogP contribution in [0.3, 0.4) is 0 Å². The summed E-state index contributed by atoms with van der Waals surface area (Å²) >= 11 is 0. The molecule has 6 nitrogen and oxygen atoms in total. The Hall–Kier alpha value is -2.08. The number of carbonyl (C=O) groups is 2. The molecule has 0 aliphatic heterocycles. The second kappa shape index (κ2) is 9.42. The molecular formula is C19H27NO5. The molecule has 25 heavy (non-hydrogen) atoms. The second-order valence-electron chi connectivity index (χ2n) is 6.56. The number of amides is 1. The summed E-state index contributed by atoms with van der Waals surface area (Å²) in [6.45, 7) is 0.854. The van der Waals surface area contributed by atoms with E-state index in [1.165, 1.54) is 0 Å². The molecule has 1 aliphatic carbocycles. The molecule has 1 aromatic rings. The lowest BCUT2D eigenvalue weighted by atomic mass is 9.82. The zero-order valence-electron chi connectivity index (χ0n) is 14.8. The van der Waals surface area contributed by atoms with Crippen molar-refractivity contribution >= 4 is 11.9 Å². The average Bonchev–Trinajstić information content (AvgIpc) is 3.09. The Labute approximate surface area is 148 Å². The van der Waals surface area contributed by atoms with Crippen molar-refractivity contribution in [2.24, 2.45) is 5.41 Å². The predicted molar refractivity (Wildman–Crippen MR) is 93.7 cm³/mol. The van der Waals surface area contributed by atoms with Gasteiger partial charge in [0, 0.05) is 20.3 Å². The van der Waals surface area contributed by atoms with Crippen molar-refractivity contribution in [1.29, 1.82) is 0 Å². The molecule has 1 amide bonds. The summed E-state index contributed by atoms with van der Waals surface area (Å²) in [6, 6.07) is 7.27. The lowest BCUT2D eigenvalue weighted by molar-refractivity contribution is -0.139.